The minimum absolute atomic E-state index is 0.383. The molecule has 3 aromatic rings. The van der Waals surface area contributed by atoms with Crippen LogP contribution in [0.25, 0.3) is 22.6 Å². The molecular formula is C11H9BrN6. The van der Waals surface area contributed by atoms with E-state index >= 15 is 0 Å². The SMILES string of the molecule is Nc1ccc(-c2nc3ncnc(N)c3[nH]2)cc1Br. The number of nitrogens with one attached hydrogen (secondary N) is 1. The fourth-order valence-electron chi connectivity index (χ4n) is 1.66. The van der Waals surface area contributed by atoms with E-state index in [2.05, 4.69) is 35.9 Å². The molecule has 2 aromatic heterocycles. The molecule has 7 heteroatoms. The molecule has 6 nitrogen and oxygen atoms in total. The number of nitrogens with zero attached hydrogens (tertiary/aromatic N) is 3. The summed E-state index contributed by atoms with van der Waals surface area (Å²) in [5.41, 5.74) is 14.3. The summed E-state index contributed by atoms with van der Waals surface area (Å²) in [6, 6.07) is 5.57. The van der Waals surface area contributed by atoms with Crippen LogP contribution in [0.3, 0.4) is 0 Å². The van der Waals surface area contributed by atoms with Crippen molar-refractivity contribution in [3.8, 4) is 11.4 Å². The number of H-pyrrole nitrogens is 1. The first-order valence-corrected chi connectivity index (χ1v) is 5.96. The number of anilines is 2. The summed E-state index contributed by atoms with van der Waals surface area (Å²) in [4.78, 5) is 15.4. The largest absolute Gasteiger partial charge is 0.398 e. The Morgan fingerprint density at radius 2 is 2.00 bits per heavy atom. The molecular weight excluding hydrogens is 296 g/mol. The fourth-order valence-corrected chi connectivity index (χ4v) is 2.04. The molecule has 0 radical (unpaired) electrons. The highest BCUT2D eigenvalue weighted by atomic mass is 79.9. The lowest BCUT2D eigenvalue weighted by atomic mass is 10.2. The first-order valence-electron chi connectivity index (χ1n) is 5.17. The van der Waals surface area contributed by atoms with Crippen molar-refractivity contribution >= 4 is 38.6 Å². The molecule has 0 aliphatic carbocycles. The van der Waals surface area contributed by atoms with Gasteiger partial charge in [-0.2, -0.15) is 0 Å². The number of nitrogens with two attached hydrogens (primary N) is 2. The van der Waals surface area contributed by atoms with Crippen LogP contribution < -0.4 is 11.5 Å². The lowest BCUT2D eigenvalue weighted by Gasteiger charge is -2.00. The molecule has 18 heavy (non-hydrogen) atoms. The Balaban J connectivity index is 2.19. The van der Waals surface area contributed by atoms with Crippen molar-refractivity contribution in [2.75, 3.05) is 11.5 Å². The van der Waals surface area contributed by atoms with Crippen LogP contribution in [-0.2, 0) is 0 Å². The quantitative estimate of drug-likeness (QED) is 0.596. The molecule has 2 heterocycles. The van der Waals surface area contributed by atoms with Gasteiger partial charge >= 0.3 is 0 Å². The maximum Gasteiger partial charge on any atom is 0.183 e. The Labute approximate surface area is 111 Å². The van der Waals surface area contributed by atoms with Gasteiger partial charge in [0.25, 0.3) is 0 Å². The monoisotopic (exact) mass is 304 g/mol. The molecule has 1 aromatic carbocycles. The van der Waals surface area contributed by atoms with E-state index in [4.69, 9.17) is 11.5 Å². The maximum atomic E-state index is 5.75. The third-order valence-corrected chi connectivity index (χ3v) is 3.28. The Kier molecular flexibility index (Phi) is 2.41. The molecule has 5 N–H and O–H groups in total. The third-order valence-electron chi connectivity index (χ3n) is 2.59. The zero-order valence-corrected chi connectivity index (χ0v) is 10.8. The zero-order chi connectivity index (χ0) is 12.7. The Hall–Kier alpha value is -2.15. The van der Waals surface area contributed by atoms with Crippen molar-refractivity contribution in [3.05, 3.63) is 29.0 Å². The van der Waals surface area contributed by atoms with Crippen molar-refractivity contribution in [3.63, 3.8) is 0 Å². The van der Waals surface area contributed by atoms with Crippen LogP contribution in [0.5, 0.6) is 0 Å². The summed E-state index contributed by atoms with van der Waals surface area (Å²) in [6.45, 7) is 0. The minimum atomic E-state index is 0.383. The molecule has 0 bridgehead atoms. The maximum absolute atomic E-state index is 5.75. The molecule has 0 aliphatic heterocycles. The number of halogens is 1. The van der Waals surface area contributed by atoms with E-state index < -0.39 is 0 Å². The molecule has 0 spiro atoms. The van der Waals surface area contributed by atoms with Crippen molar-refractivity contribution in [1.82, 2.24) is 19.9 Å². The second kappa shape index (κ2) is 3.95. The van der Waals surface area contributed by atoms with Gasteiger partial charge in [0.2, 0.25) is 0 Å². The van der Waals surface area contributed by atoms with Crippen molar-refractivity contribution < 1.29 is 0 Å². The van der Waals surface area contributed by atoms with E-state index in [1.165, 1.54) is 6.33 Å². The van der Waals surface area contributed by atoms with Crippen LogP contribution in [0.2, 0.25) is 0 Å². The van der Waals surface area contributed by atoms with E-state index in [9.17, 15) is 0 Å². The number of nitrogen functional groups attached to an aromatic ring is 2. The highest BCUT2D eigenvalue weighted by molar-refractivity contribution is 9.10. The van der Waals surface area contributed by atoms with Gasteiger partial charge in [-0.25, -0.2) is 15.0 Å². The van der Waals surface area contributed by atoms with Gasteiger partial charge in [-0.05, 0) is 34.1 Å². The standard InChI is InChI=1S/C11H9BrN6/c12-6-3-5(1-2-7(6)13)10-17-8-9(14)15-4-16-11(8)18-10/h1-4H,13H2,(H3,14,15,16,17,18). The van der Waals surface area contributed by atoms with Gasteiger partial charge in [0.05, 0.1) is 0 Å². The third kappa shape index (κ3) is 1.68. The number of hydrogen-bond donors (Lipinski definition) is 3. The molecule has 0 saturated carbocycles. The number of fused-ring (bicyclic) bond motifs is 1. The molecule has 0 unspecified atom stereocenters. The number of aromatic nitrogens is 4. The summed E-state index contributed by atoms with van der Waals surface area (Å²) in [6.07, 6.45) is 1.39. The van der Waals surface area contributed by atoms with Crippen molar-refractivity contribution in [1.29, 1.82) is 0 Å². The van der Waals surface area contributed by atoms with Gasteiger partial charge in [0, 0.05) is 15.7 Å². The number of imidazole rings is 1. The summed E-state index contributed by atoms with van der Waals surface area (Å²) >= 11 is 3.38. The van der Waals surface area contributed by atoms with Gasteiger partial charge in [-0.3, -0.25) is 0 Å². The minimum Gasteiger partial charge on any atom is -0.398 e. The second-order valence-corrected chi connectivity index (χ2v) is 4.63. The average molecular weight is 305 g/mol. The number of benzene rings is 1. The van der Waals surface area contributed by atoms with Gasteiger partial charge < -0.3 is 16.5 Å². The predicted octanol–water partition coefficient (Wildman–Crippen LogP) is 1.95. The number of aromatic amines is 1. The van der Waals surface area contributed by atoms with Gasteiger partial charge in [-0.1, -0.05) is 0 Å². The highest BCUT2D eigenvalue weighted by Gasteiger charge is 2.09. The Bertz CT molecular complexity index is 735. The summed E-state index contributed by atoms with van der Waals surface area (Å²) in [5.74, 6) is 1.06. The number of hydrogen-bond acceptors (Lipinski definition) is 5. The van der Waals surface area contributed by atoms with Crippen LogP contribution in [0.15, 0.2) is 29.0 Å². The summed E-state index contributed by atoms with van der Waals surface area (Å²) < 4.78 is 0.819. The van der Waals surface area contributed by atoms with Crippen LogP contribution >= 0.6 is 15.9 Å². The van der Waals surface area contributed by atoms with Crippen LogP contribution in [0.4, 0.5) is 11.5 Å². The van der Waals surface area contributed by atoms with E-state index in [1.54, 1.807) is 0 Å². The van der Waals surface area contributed by atoms with Crippen molar-refractivity contribution in [2.45, 2.75) is 0 Å². The van der Waals surface area contributed by atoms with Gasteiger partial charge in [0.1, 0.15) is 17.7 Å². The molecule has 0 fully saturated rings. The molecule has 90 valence electrons. The Morgan fingerprint density at radius 3 is 2.72 bits per heavy atom. The highest BCUT2D eigenvalue weighted by Crippen LogP contribution is 2.27. The fraction of sp³-hybridized carbons (Fsp3) is 0. The summed E-state index contributed by atoms with van der Waals surface area (Å²) in [5, 5.41) is 0. The lowest BCUT2D eigenvalue weighted by molar-refractivity contribution is 1.21. The normalized spacial score (nSPS) is 10.9. The topological polar surface area (TPSA) is 106 Å². The van der Waals surface area contributed by atoms with Crippen molar-refractivity contribution in [2.24, 2.45) is 0 Å². The van der Waals surface area contributed by atoms with Crippen LogP contribution in [0, 0.1) is 0 Å². The smallest absolute Gasteiger partial charge is 0.183 e. The summed E-state index contributed by atoms with van der Waals surface area (Å²) in [7, 11) is 0. The molecule has 0 atom stereocenters. The van der Waals surface area contributed by atoms with E-state index in [-0.39, 0.29) is 0 Å². The van der Waals surface area contributed by atoms with Crippen LogP contribution in [0.1, 0.15) is 0 Å². The Morgan fingerprint density at radius 1 is 1.17 bits per heavy atom. The number of rotatable bonds is 1. The van der Waals surface area contributed by atoms with Crippen LogP contribution in [-0.4, -0.2) is 19.9 Å². The second-order valence-electron chi connectivity index (χ2n) is 3.78. The molecule has 0 amide bonds. The van der Waals surface area contributed by atoms with Gasteiger partial charge in [-0.15, -0.1) is 0 Å². The first kappa shape index (κ1) is 11.0. The molecule has 3 rings (SSSR count). The lowest BCUT2D eigenvalue weighted by Crippen LogP contribution is -1.91. The predicted molar refractivity (Wildman–Crippen MR) is 73.6 cm³/mol. The average Bonchev–Trinajstić information content (AvgIpc) is 2.78. The molecule has 0 aliphatic rings. The van der Waals surface area contributed by atoms with E-state index in [0.717, 1.165) is 10.0 Å². The zero-order valence-electron chi connectivity index (χ0n) is 9.18. The first-order chi connectivity index (χ1) is 8.65. The van der Waals surface area contributed by atoms with E-state index in [1.807, 2.05) is 18.2 Å². The van der Waals surface area contributed by atoms with E-state index in [0.29, 0.717) is 28.5 Å². The molecule has 0 saturated heterocycles. The van der Waals surface area contributed by atoms with Gasteiger partial charge in [0.15, 0.2) is 11.5 Å².